The van der Waals surface area contributed by atoms with Crippen molar-refractivity contribution < 1.29 is 22.4 Å². The summed E-state index contributed by atoms with van der Waals surface area (Å²) in [5, 5.41) is 3.98. The van der Waals surface area contributed by atoms with Gasteiger partial charge in [0.05, 0.1) is 25.3 Å². The maximum absolute atomic E-state index is 14.3. The maximum atomic E-state index is 14.3. The molecule has 4 rings (SSSR count). The summed E-state index contributed by atoms with van der Waals surface area (Å²) in [6.07, 6.45) is -1.30. The lowest BCUT2D eigenvalue weighted by molar-refractivity contribution is -0.142. The van der Waals surface area contributed by atoms with Crippen LogP contribution in [0.5, 0.6) is 0 Å². The summed E-state index contributed by atoms with van der Waals surface area (Å²) < 4.78 is 56.1. The molecule has 168 valence electrons. The summed E-state index contributed by atoms with van der Waals surface area (Å²) in [5.41, 5.74) is -0.385. The molecule has 0 aliphatic carbocycles. The van der Waals surface area contributed by atoms with Gasteiger partial charge in [0, 0.05) is 22.7 Å². The van der Waals surface area contributed by atoms with E-state index in [2.05, 4.69) is 10.00 Å². The van der Waals surface area contributed by atoms with Crippen LogP contribution in [0.1, 0.15) is 41.8 Å². The molecule has 1 fully saturated rings. The number of hydrogen-bond donors (Lipinski definition) is 0. The van der Waals surface area contributed by atoms with E-state index in [-0.39, 0.29) is 54.7 Å². The number of amides is 1. The van der Waals surface area contributed by atoms with E-state index in [0.29, 0.717) is 5.69 Å². The number of carbonyl (C=O) groups excluding carboxylic acids is 1. The minimum Gasteiger partial charge on any atom is -0.335 e. The number of fused-ring (bicyclic) bond motifs is 1. The van der Waals surface area contributed by atoms with E-state index in [9.17, 15) is 22.4 Å². The minimum absolute atomic E-state index is 0.0281. The number of hydrogen-bond acceptors (Lipinski definition) is 3. The zero-order valence-electron chi connectivity index (χ0n) is 16.9. The largest absolute Gasteiger partial charge is 0.435 e. The monoisotopic (exact) mass is 458 g/mol. The molecule has 2 aliphatic rings. The number of halogens is 5. The van der Waals surface area contributed by atoms with Crippen LogP contribution in [0, 0.1) is 5.82 Å². The average molecular weight is 459 g/mol. The van der Waals surface area contributed by atoms with Crippen LogP contribution in [-0.4, -0.2) is 51.7 Å². The number of piperidine rings is 1. The topological polar surface area (TPSA) is 41.4 Å². The summed E-state index contributed by atoms with van der Waals surface area (Å²) in [7, 11) is 0. The second-order valence-electron chi connectivity index (χ2n) is 8.07. The van der Waals surface area contributed by atoms with Gasteiger partial charge in [-0.1, -0.05) is 24.1 Å². The fourth-order valence-corrected chi connectivity index (χ4v) is 4.43. The molecule has 1 amide bonds. The molecule has 10 heteroatoms. The number of alkyl halides is 3. The third kappa shape index (κ3) is 4.87. The van der Waals surface area contributed by atoms with Gasteiger partial charge in [-0.3, -0.25) is 14.4 Å². The second kappa shape index (κ2) is 8.78. The predicted octanol–water partition coefficient (Wildman–Crippen LogP) is 4.11. The van der Waals surface area contributed by atoms with Crippen molar-refractivity contribution in [3.8, 4) is 0 Å². The zero-order chi connectivity index (χ0) is 22.2. The van der Waals surface area contributed by atoms with E-state index < -0.39 is 17.7 Å². The van der Waals surface area contributed by atoms with Gasteiger partial charge in [0.25, 0.3) is 0 Å². The molecule has 1 aromatic heterocycles. The SMILES string of the molecule is O=C(CN1CCCCC1)N1CCc2c(C(F)(F)F)nn(Cc3ccc(Cl)cc3F)c2C1. The Morgan fingerprint density at radius 2 is 1.87 bits per heavy atom. The lowest BCUT2D eigenvalue weighted by Crippen LogP contribution is -2.44. The number of aromatic nitrogens is 2. The number of nitrogens with zero attached hydrogens (tertiary/aromatic N) is 4. The number of likely N-dealkylation sites (tertiary alicyclic amines) is 1. The highest BCUT2D eigenvalue weighted by Crippen LogP contribution is 2.35. The first-order valence-corrected chi connectivity index (χ1v) is 10.7. The van der Waals surface area contributed by atoms with Crippen LogP contribution in [0.4, 0.5) is 17.6 Å². The highest BCUT2D eigenvalue weighted by Gasteiger charge is 2.41. The van der Waals surface area contributed by atoms with Crippen LogP contribution >= 0.6 is 11.6 Å². The third-order valence-electron chi connectivity index (χ3n) is 5.90. The van der Waals surface area contributed by atoms with Crippen LogP contribution in [0.15, 0.2) is 18.2 Å². The van der Waals surface area contributed by atoms with Gasteiger partial charge >= 0.3 is 6.18 Å². The Hall–Kier alpha value is -2.13. The van der Waals surface area contributed by atoms with Crippen LogP contribution < -0.4 is 0 Å². The molecule has 0 spiro atoms. The first-order chi connectivity index (χ1) is 14.7. The highest BCUT2D eigenvalue weighted by atomic mass is 35.5. The van der Waals surface area contributed by atoms with Crippen molar-refractivity contribution in [3.05, 3.63) is 51.6 Å². The van der Waals surface area contributed by atoms with Gasteiger partial charge in [-0.2, -0.15) is 18.3 Å². The van der Waals surface area contributed by atoms with Crippen LogP contribution in [0.3, 0.4) is 0 Å². The van der Waals surface area contributed by atoms with Gasteiger partial charge in [-0.15, -0.1) is 0 Å². The van der Waals surface area contributed by atoms with Crippen molar-refractivity contribution in [3.63, 3.8) is 0 Å². The van der Waals surface area contributed by atoms with Crippen molar-refractivity contribution in [1.29, 1.82) is 0 Å². The molecular weight excluding hydrogens is 436 g/mol. The van der Waals surface area contributed by atoms with Crippen molar-refractivity contribution in [2.75, 3.05) is 26.2 Å². The van der Waals surface area contributed by atoms with Crippen LogP contribution in [-0.2, 0) is 30.5 Å². The predicted molar refractivity (Wildman–Crippen MR) is 107 cm³/mol. The summed E-state index contributed by atoms with van der Waals surface area (Å²) in [5.74, 6) is -0.717. The zero-order valence-corrected chi connectivity index (χ0v) is 17.6. The highest BCUT2D eigenvalue weighted by molar-refractivity contribution is 6.30. The summed E-state index contributed by atoms with van der Waals surface area (Å²) in [6.45, 7) is 2.05. The molecule has 2 aromatic rings. The summed E-state index contributed by atoms with van der Waals surface area (Å²) in [4.78, 5) is 16.5. The minimum atomic E-state index is -4.62. The lowest BCUT2D eigenvalue weighted by atomic mass is 10.0. The Balaban J connectivity index is 1.59. The molecule has 0 unspecified atom stereocenters. The van der Waals surface area contributed by atoms with Gasteiger partial charge in [-0.05, 0) is 44.5 Å². The smallest absolute Gasteiger partial charge is 0.335 e. The molecular formula is C21H23ClF4N4O. The van der Waals surface area contributed by atoms with E-state index in [1.165, 1.54) is 16.8 Å². The fraction of sp³-hybridized carbons (Fsp3) is 0.524. The standard InChI is InChI=1S/C21H23ClF4N4O/c22-15-5-4-14(17(23)10-15)11-30-18-12-29(19(31)13-28-7-2-1-3-8-28)9-6-16(18)20(27-30)21(24,25)26/h4-5,10H,1-3,6-9,11-13H2. The number of carbonyl (C=O) groups is 1. The number of rotatable bonds is 4. The van der Waals surface area contributed by atoms with Crippen LogP contribution in [0.2, 0.25) is 5.02 Å². The van der Waals surface area contributed by atoms with Crippen LogP contribution in [0.25, 0.3) is 0 Å². The van der Waals surface area contributed by atoms with Crippen molar-refractivity contribution >= 4 is 17.5 Å². The fourth-order valence-electron chi connectivity index (χ4n) is 4.27. The molecule has 1 saturated heterocycles. The van der Waals surface area contributed by atoms with Gasteiger partial charge in [0.1, 0.15) is 5.82 Å². The Labute approximate surface area is 182 Å². The van der Waals surface area contributed by atoms with E-state index in [0.717, 1.165) is 38.4 Å². The van der Waals surface area contributed by atoms with E-state index in [1.807, 2.05) is 0 Å². The lowest BCUT2D eigenvalue weighted by Gasteiger charge is -2.32. The average Bonchev–Trinajstić information content (AvgIpc) is 3.09. The van der Waals surface area contributed by atoms with Crippen molar-refractivity contribution in [1.82, 2.24) is 19.6 Å². The Kier molecular flexibility index (Phi) is 6.25. The van der Waals surface area contributed by atoms with Gasteiger partial charge in [0.2, 0.25) is 5.91 Å². The third-order valence-corrected chi connectivity index (χ3v) is 6.14. The van der Waals surface area contributed by atoms with Gasteiger partial charge in [-0.25, -0.2) is 4.39 Å². The molecule has 2 aliphatic heterocycles. The number of benzene rings is 1. The van der Waals surface area contributed by atoms with Gasteiger partial charge < -0.3 is 4.90 Å². The molecule has 3 heterocycles. The summed E-state index contributed by atoms with van der Waals surface area (Å²) >= 11 is 5.77. The van der Waals surface area contributed by atoms with E-state index in [1.54, 1.807) is 4.90 Å². The molecule has 0 atom stereocenters. The van der Waals surface area contributed by atoms with E-state index in [4.69, 9.17) is 11.6 Å². The molecule has 5 nitrogen and oxygen atoms in total. The van der Waals surface area contributed by atoms with Crippen molar-refractivity contribution in [2.24, 2.45) is 0 Å². The van der Waals surface area contributed by atoms with Crippen molar-refractivity contribution in [2.45, 2.75) is 44.9 Å². The Bertz CT molecular complexity index is 969. The Morgan fingerprint density at radius 1 is 1.13 bits per heavy atom. The summed E-state index contributed by atoms with van der Waals surface area (Å²) in [6, 6.07) is 4.03. The van der Waals surface area contributed by atoms with Gasteiger partial charge in [0.15, 0.2) is 5.69 Å². The molecule has 0 saturated carbocycles. The molecule has 31 heavy (non-hydrogen) atoms. The normalized spacial score (nSPS) is 17.6. The van der Waals surface area contributed by atoms with E-state index >= 15 is 0 Å². The molecule has 0 N–H and O–H groups in total. The molecule has 0 radical (unpaired) electrons. The first kappa shape index (κ1) is 22.1. The molecule has 1 aromatic carbocycles. The Morgan fingerprint density at radius 3 is 2.55 bits per heavy atom. The second-order valence-corrected chi connectivity index (χ2v) is 8.50. The first-order valence-electron chi connectivity index (χ1n) is 10.3. The maximum Gasteiger partial charge on any atom is 0.435 e. The molecule has 0 bridgehead atoms. The quantitative estimate of drug-likeness (QED) is 0.647.